The van der Waals surface area contributed by atoms with Crippen molar-refractivity contribution in [2.24, 2.45) is 0 Å². The van der Waals surface area contributed by atoms with Gasteiger partial charge in [-0.1, -0.05) is 0 Å². The Morgan fingerprint density at radius 1 is 0.714 bits per heavy atom. The lowest BCUT2D eigenvalue weighted by Gasteiger charge is -2.28. The second kappa shape index (κ2) is 10.8. The first-order chi connectivity index (χ1) is 12.6. The fraction of sp³-hybridized carbons (Fsp3) is 0.667. The number of quaternary nitrogens is 2. The Morgan fingerprint density at radius 3 is 1.21 bits per heavy atom. The number of carboxylic acids is 2. The summed E-state index contributed by atoms with van der Waals surface area (Å²) in [5.74, 6) is -3.96. The average molecular weight is 404 g/mol. The third kappa shape index (κ3) is 14.7. The summed E-state index contributed by atoms with van der Waals surface area (Å²) in [6.45, 7) is 0.557. The number of esters is 2. The van der Waals surface area contributed by atoms with Crippen molar-refractivity contribution in [3.05, 3.63) is 12.2 Å². The number of carbonyl (C=O) groups is 4. The smallest absolute Gasteiger partial charge is 0.331 e. The summed E-state index contributed by atoms with van der Waals surface area (Å²) >= 11 is 0. The second-order valence-electron chi connectivity index (χ2n) is 8.59. The summed E-state index contributed by atoms with van der Waals surface area (Å²) in [6, 6.07) is 0. The predicted molar refractivity (Wildman–Crippen MR) is 99.2 cm³/mol. The molecule has 0 radical (unpaired) electrons. The Bertz CT molecular complexity index is 550. The van der Waals surface area contributed by atoms with E-state index in [2.05, 4.69) is 0 Å². The third-order valence-electron chi connectivity index (χ3n) is 3.23. The number of carbonyl (C=O) groups excluding carboxylic acids is 2. The Hall–Kier alpha value is -2.46. The van der Waals surface area contributed by atoms with Crippen LogP contribution in [-0.2, 0) is 28.7 Å². The number of likely N-dealkylation sites (N-methyl/N-ethyl adjacent to an activating group) is 2. The average Bonchev–Trinajstić information content (AvgIpc) is 2.39. The van der Waals surface area contributed by atoms with Crippen molar-refractivity contribution in [1.29, 1.82) is 0 Å². The van der Waals surface area contributed by atoms with Gasteiger partial charge in [0.2, 0.25) is 0 Å². The summed E-state index contributed by atoms with van der Waals surface area (Å²) in [5.41, 5.74) is 0. The Morgan fingerprint density at radius 2 is 1.00 bits per heavy atom. The van der Waals surface area contributed by atoms with Crippen LogP contribution in [0.5, 0.6) is 0 Å². The molecule has 0 fully saturated rings. The first-order valence-electron chi connectivity index (χ1n) is 8.71. The molecule has 0 aromatic rings. The number of nitrogens with zero attached hydrogens (tertiary/aromatic N) is 2. The second-order valence-corrected chi connectivity index (χ2v) is 8.59. The van der Waals surface area contributed by atoms with Gasteiger partial charge in [-0.3, -0.25) is 9.59 Å². The van der Waals surface area contributed by atoms with Crippen LogP contribution in [-0.4, -0.2) is 111 Å². The molecular weight excluding hydrogens is 372 g/mol. The van der Waals surface area contributed by atoms with E-state index in [1.54, 1.807) is 0 Å². The van der Waals surface area contributed by atoms with Crippen LogP contribution < -0.4 is 0 Å². The molecule has 10 nitrogen and oxygen atoms in total. The number of ether oxygens (including phenoxy) is 2. The highest BCUT2D eigenvalue weighted by molar-refractivity contribution is 5.92. The molecule has 10 heteroatoms. The van der Waals surface area contributed by atoms with E-state index in [4.69, 9.17) is 19.7 Å². The number of hydrogen-bond donors (Lipinski definition) is 2. The summed E-state index contributed by atoms with van der Waals surface area (Å²) in [7, 11) is 11.0. The highest BCUT2D eigenvalue weighted by Gasteiger charge is 2.25. The van der Waals surface area contributed by atoms with Crippen molar-refractivity contribution >= 4 is 23.9 Å². The first-order valence-corrected chi connectivity index (χ1v) is 8.71. The Balaban J connectivity index is 4.87. The molecule has 160 valence electrons. The minimum absolute atomic E-state index is 0.278. The van der Waals surface area contributed by atoms with Crippen molar-refractivity contribution in [3.8, 4) is 0 Å². The maximum Gasteiger partial charge on any atom is 0.331 e. The van der Waals surface area contributed by atoms with E-state index in [0.717, 1.165) is 12.2 Å². The van der Waals surface area contributed by atoms with E-state index in [1.165, 1.54) is 0 Å². The third-order valence-corrected chi connectivity index (χ3v) is 3.23. The lowest BCUT2D eigenvalue weighted by molar-refractivity contribution is -0.873. The number of rotatable bonds is 12. The van der Waals surface area contributed by atoms with E-state index in [1.807, 2.05) is 42.3 Å². The molecule has 0 saturated heterocycles. The maximum absolute atomic E-state index is 11.9. The van der Waals surface area contributed by atoms with Crippen molar-refractivity contribution in [2.45, 2.75) is 25.0 Å². The minimum atomic E-state index is -1.11. The van der Waals surface area contributed by atoms with E-state index < -0.39 is 36.1 Å². The van der Waals surface area contributed by atoms with Crippen LogP contribution in [0.1, 0.15) is 12.8 Å². The molecule has 0 aliphatic carbocycles. The number of carboxylic acid groups (broad SMARTS) is 2. The van der Waals surface area contributed by atoms with Crippen molar-refractivity contribution in [1.82, 2.24) is 0 Å². The number of aliphatic carboxylic acids is 2. The Kier molecular flexibility index (Phi) is 9.82. The summed E-state index contributed by atoms with van der Waals surface area (Å²) in [6.07, 6.45) is -0.743. The molecule has 2 N–H and O–H groups in total. The molecule has 2 atom stereocenters. The van der Waals surface area contributed by atoms with Gasteiger partial charge in [0.15, 0.2) is 12.2 Å². The molecule has 0 amide bonds. The van der Waals surface area contributed by atoms with Gasteiger partial charge in [-0.25, -0.2) is 9.59 Å². The van der Waals surface area contributed by atoms with E-state index >= 15 is 0 Å². The number of hydrogen-bond acceptors (Lipinski definition) is 6. The zero-order valence-corrected chi connectivity index (χ0v) is 17.4. The van der Waals surface area contributed by atoms with Crippen molar-refractivity contribution in [2.75, 3.05) is 55.4 Å². The molecule has 0 aromatic heterocycles. The van der Waals surface area contributed by atoms with E-state index in [9.17, 15) is 19.2 Å². The predicted octanol–water partition coefficient (Wildman–Crippen LogP) is -0.272. The largest absolute Gasteiger partial charge is 0.481 e. The standard InChI is InChI=1S/C18H30N2O8/c1-19(2,3)11-13(9-15(21)22)27-17(25)7-8-18(26)28-14(10-16(23)24)12-20(4,5)6/h7-8,13-14H,9-12H2,1-6H3/p+2. The highest BCUT2D eigenvalue weighted by atomic mass is 16.6. The fourth-order valence-electron chi connectivity index (χ4n) is 2.44. The molecule has 0 aromatic carbocycles. The zero-order valence-electron chi connectivity index (χ0n) is 17.4. The van der Waals surface area contributed by atoms with E-state index in [-0.39, 0.29) is 25.9 Å². The molecule has 0 bridgehead atoms. The van der Waals surface area contributed by atoms with Crippen molar-refractivity contribution in [3.63, 3.8) is 0 Å². The molecule has 28 heavy (non-hydrogen) atoms. The maximum atomic E-state index is 11.9. The Labute approximate surface area is 165 Å². The fourth-order valence-corrected chi connectivity index (χ4v) is 2.44. The van der Waals surface area contributed by atoms with Crippen LogP contribution in [0, 0.1) is 0 Å². The van der Waals surface area contributed by atoms with Gasteiger partial charge < -0.3 is 28.7 Å². The van der Waals surface area contributed by atoms with Gasteiger partial charge in [-0.05, 0) is 0 Å². The molecule has 0 rings (SSSR count). The first kappa shape index (κ1) is 25.5. The van der Waals surface area contributed by atoms with Gasteiger partial charge in [0.1, 0.15) is 13.1 Å². The monoisotopic (exact) mass is 404 g/mol. The molecule has 0 spiro atoms. The lowest BCUT2D eigenvalue weighted by atomic mass is 10.2. The van der Waals surface area contributed by atoms with Crippen LogP contribution in [0.2, 0.25) is 0 Å². The van der Waals surface area contributed by atoms with Gasteiger partial charge in [0, 0.05) is 12.2 Å². The van der Waals surface area contributed by atoms with Gasteiger partial charge >= 0.3 is 23.9 Å². The SMILES string of the molecule is C[N+](C)(C)CC(CC(=O)O)OC(=O)C=CC(=O)OC(CC(=O)O)C[N+](C)(C)C. The minimum Gasteiger partial charge on any atom is -0.481 e. The van der Waals surface area contributed by atoms with Gasteiger partial charge in [-0.2, -0.15) is 0 Å². The van der Waals surface area contributed by atoms with Crippen LogP contribution in [0.4, 0.5) is 0 Å². The van der Waals surface area contributed by atoms with Crippen LogP contribution in [0.15, 0.2) is 12.2 Å². The molecule has 0 aliphatic heterocycles. The highest BCUT2D eigenvalue weighted by Crippen LogP contribution is 2.08. The molecule has 0 heterocycles. The van der Waals surface area contributed by atoms with Crippen LogP contribution >= 0.6 is 0 Å². The normalized spacial score (nSPS) is 14.4. The van der Waals surface area contributed by atoms with Gasteiger partial charge in [0.05, 0.1) is 55.1 Å². The van der Waals surface area contributed by atoms with Gasteiger partial charge in [-0.15, -0.1) is 0 Å². The molecule has 2 unspecified atom stereocenters. The van der Waals surface area contributed by atoms with E-state index in [0.29, 0.717) is 8.97 Å². The zero-order chi connectivity index (χ0) is 22.1. The summed E-state index contributed by atoms with van der Waals surface area (Å²) in [4.78, 5) is 45.7. The quantitative estimate of drug-likeness (QED) is 0.258. The lowest BCUT2D eigenvalue weighted by Crippen LogP contribution is -2.44. The molecule has 0 aliphatic rings. The molecular formula is C18H32N2O8+2. The van der Waals surface area contributed by atoms with Crippen molar-refractivity contribution < 1.29 is 47.8 Å². The molecule has 0 saturated carbocycles. The summed E-state index contributed by atoms with van der Waals surface area (Å²) in [5, 5.41) is 17.9. The van der Waals surface area contributed by atoms with Crippen LogP contribution in [0.3, 0.4) is 0 Å². The summed E-state index contributed by atoms with van der Waals surface area (Å²) < 4.78 is 11.0. The topological polar surface area (TPSA) is 127 Å². The van der Waals surface area contributed by atoms with Gasteiger partial charge in [0.25, 0.3) is 0 Å². The van der Waals surface area contributed by atoms with Crippen LogP contribution in [0.25, 0.3) is 0 Å².